The highest BCUT2D eigenvalue weighted by molar-refractivity contribution is 8.13. The molecular weight excluding hydrogens is 270 g/mol. The Balaban J connectivity index is 2.40. The summed E-state index contributed by atoms with van der Waals surface area (Å²) in [5, 5.41) is 9.90. The van der Waals surface area contributed by atoms with E-state index >= 15 is 0 Å². The zero-order valence-corrected chi connectivity index (χ0v) is 11.1. The Kier molecular flexibility index (Phi) is 6.01. The standard InChI is InChI=1S/C12H13NO5S/c1-2-10(14)7-8-19-12(15)18-11-5-3-9(4-6-11)13(16)17/h3-6H,2,7-8H2,1H3. The average molecular weight is 283 g/mol. The number of thioether (sulfide) groups is 1. The Morgan fingerprint density at radius 2 is 1.95 bits per heavy atom. The normalized spacial score (nSPS) is 9.95. The summed E-state index contributed by atoms with van der Waals surface area (Å²) in [6, 6.07) is 5.23. The zero-order valence-electron chi connectivity index (χ0n) is 10.3. The molecule has 7 heteroatoms. The van der Waals surface area contributed by atoms with Crippen molar-refractivity contribution in [3.63, 3.8) is 0 Å². The number of benzene rings is 1. The number of hydrogen-bond donors (Lipinski definition) is 0. The van der Waals surface area contributed by atoms with E-state index in [0.717, 1.165) is 11.8 Å². The van der Waals surface area contributed by atoms with E-state index in [-0.39, 0.29) is 17.2 Å². The first kappa shape index (κ1) is 15.2. The van der Waals surface area contributed by atoms with Crippen molar-refractivity contribution in [1.82, 2.24) is 0 Å². The predicted octanol–water partition coefficient (Wildman–Crippen LogP) is 3.20. The number of nitro groups is 1. The largest absolute Gasteiger partial charge is 0.418 e. The molecule has 0 atom stereocenters. The lowest BCUT2D eigenvalue weighted by Crippen LogP contribution is -2.04. The van der Waals surface area contributed by atoms with Crippen molar-refractivity contribution in [2.75, 3.05) is 5.75 Å². The van der Waals surface area contributed by atoms with Crippen LogP contribution in [-0.2, 0) is 4.79 Å². The van der Waals surface area contributed by atoms with Crippen LogP contribution < -0.4 is 4.74 Å². The Bertz CT molecular complexity index is 472. The van der Waals surface area contributed by atoms with Gasteiger partial charge in [0.2, 0.25) is 0 Å². The lowest BCUT2D eigenvalue weighted by atomic mass is 10.2. The maximum atomic E-state index is 11.4. The number of nitrogens with zero attached hydrogens (tertiary/aromatic N) is 1. The molecule has 19 heavy (non-hydrogen) atoms. The minimum Gasteiger partial charge on any atom is -0.418 e. The monoisotopic (exact) mass is 283 g/mol. The summed E-state index contributed by atoms with van der Waals surface area (Å²) in [5.74, 6) is 0.707. The Morgan fingerprint density at radius 3 is 2.47 bits per heavy atom. The number of nitro benzene ring substituents is 1. The summed E-state index contributed by atoms with van der Waals surface area (Å²) in [6.45, 7) is 1.77. The van der Waals surface area contributed by atoms with Crippen molar-refractivity contribution in [3.05, 3.63) is 34.4 Å². The van der Waals surface area contributed by atoms with Crippen molar-refractivity contribution in [3.8, 4) is 5.75 Å². The van der Waals surface area contributed by atoms with E-state index in [0.29, 0.717) is 18.6 Å². The first-order chi connectivity index (χ1) is 9.02. The quantitative estimate of drug-likeness (QED) is 0.452. The maximum absolute atomic E-state index is 11.4. The van der Waals surface area contributed by atoms with Gasteiger partial charge in [-0.3, -0.25) is 14.9 Å². The van der Waals surface area contributed by atoms with E-state index in [9.17, 15) is 19.7 Å². The van der Waals surface area contributed by atoms with Crippen LogP contribution in [0, 0.1) is 10.1 Å². The number of hydrogen-bond acceptors (Lipinski definition) is 6. The van der Waals surface area contributed by atoms with E-state index in [4.69, 9.17) is 4.74 Å². The molecule has 0 radical (unpaired) electrons. The second-order valence-corrected chi connectivity index (χ2v) is 4.62. The molecule has 0 bridgehead atoms. The summed E-state index contributed by atoms with van der Waals surface area (Å²) < 4.78 is 4.95. The van der Waals surface area contributed by atoms with Crippen LogP contribution in [0.2, 0.25) is 0 Å². The lowest BCUT2D eigenvalue weighted by Gasteiger charge is -2.03. The predicted molar refractivity (Wildman–Crippen MR) is 71.5 cm³/mol. The van der Waals surface area contributed by atoms with Crippen molar-refractivity contribution in [2.24, 2.45) is 0 Å². The molecule has 1 aromatic rings. The summed E-state index contributed by atoms with van der Waals surface area (Å²) in [4.78, 5) is 32.3. The van der Waals surface area contributed by atoms with Gasteiger partial charge in [-0.1, -0.05) is 6.92 Å². The first-order valence-corrected chi connectivity index (χ1v) is 6.62. The third kappa shape index (κ3) is 5.52. The molecule has 0 aromatic heterocycles. The van der Waals surface area contributed by atoms with Crippen LogP contribution in [-0.4, -0.2) is 21.8 Å². The summed E-state index contributed by atoms with van der Waals surface area (Å²) >= 11 is 0.910. The van der Waals surface area contributed by atoms with Gasteiger partial charge in [0.05, 0.1) is 4.92 Å². The summed E-state index contributed by atoms with van der Waals surface area (Å²) in [6.07, 6.45) is 0.786. The fraction of sp³-hybridized carbons (Fsp3) is 0.333. The van der Waals surface area contributed by atoms with Gasteiger partial charge in [0, 0.05) is 30.7 Å². The Hall–Kier alpha value is -1.89. The minimum atomic E-state index is -0.531. The topological polar surface area (TPSA) is 86.5 Å². The molecule has 102 valence electrons. The first-order valence-electron chi connectivity index (χ1n) is 5.63. The number of carbonyl (C=O) groups is 2. The molecule has 0 heterocycles. The molecular formula is C12H13NO5S. The molecule has 0 aliphatic heterocycles. The number of carbonyl (C=O) groups excluding carboxylic acids is 2. The molecule has 0 spiro atoms. The number of non-ortho nitro benzene ring substituents is 1. The highest BCUT2D eigenvalue weighted by Gasteiger charge is 2.09. The zero-order chi connectivity index (χ0) is 14.3. The molecule has 0 unspecified atom stereocenters. The third-order valence-electron chi connectivity index (χ3n) is 2.24. The van der Waals surface area contributed by atoms with E-state index in [2.05, 4.69) is 0 Å². The van der Waals surface area contributed by atoms with Crippen LogP contribution in [0.4, 0.5) is 10.5 Å². The second-order valence-electron chi connectivity index (χ2n) is 3.59. The van der Waals surface area contributed by atoms with Gasteiger partial charge in [0.15, 0.2) is 0 Å². The van der Waals surface area contributed by atoms with E-state index in [1.807, 2.05) is 0 Å². The molecule has 0 amide bonds. The highest BCUT2D eigenvalue weighted by atomic mass is 32.2. The number of ether oxygens (including phenoxy) is 1. The summed E-state index contributed by atoms with van der Waals surface area (Å²) in [7, 11) is 0. The molecule has 0 saturated heterocycles. The van der Waals surface area contributed by atoms with Gasteiger partial charge in [0.1, 0.15) is 11.5 Å². The van der Waals surface area contributed by atoms with Crippen molar-refractivity contribution in [1.29, 1.82) is 0 Å². The minimum absolute atomic E-state index is 0.0685. The molecule has 0 saturated carbocycles. The van der Waals surface area contributed by atoms with Gasteiger partial charge in [0.25, 0.3) is 5.69 Å². The molecule has 1 aromatic carbocycles. The van der Waals surface area contributed by atoms with Gasteiger partial charge < -0.3 is 4.74 Å². The second kappa shape index (κ2) is 7.52. The molecule has 0 fully saturated rings. The van der Waals surface area contributed by atoms with Crippen LogP contribution in [0.3, 0.4) is 0 Å². The van der Waals surface area contributed by atoms with E-state index in [1.54, 1.807) is 6.92 Å². The van der Waals surface area contributed by atoms with Gasteiger partial charge in [-0.2, -0.15) is 0 Å². The fourth-order valence-corrected chi connectivity index (χ4v) is 1.84. The molecule has 0 N–H and O–H groups in total. The Morgan fingerprint density at radius 1 is 1.32 bits per heavy atom. The van der Waals surface area contributed by atoms with Gasteiger partial charge in [-0.15, -0.1) is 0 Å². The van der Waals surface area contributed by atoms with E-state index in [1.165, 1.54) is 24.3 Å². The average Bonchev–Trinajstić information content (AvgIpc) is 2.39. The van der Waals surface area contributed by atoms with Crippen molar-refractivity contribution >= 4 is 28.5 Å². The van der Waals surface area contributed by atoms with Crippen molar-refractivity contribution < 1.29 is 19.2 Å². The highest BCUT2D eigenvalue weighted by Crippen LogP contribution is 2.19. The number of ketones is 1. The summed E-state index contributed by atoms with van der Waals surface area (Å²) in [5.41, 5.74) is -0.0685. The van der Waals surface area contributed by atoms with Gasteiger partial charge in [-0.25, -0.2) is 4.79 Å². The Labute approximate surface area is 114 Å². The van der Waals surface area contributed by atoms with Gasteiger partial charge >= 0.3 is 5.30 Å². The van der Waals surface area contributed by atoms with Crippen LogP contribution in [0.15, 0.2) is 24.3 Å². The molecule has 6 nitrogen and oxygen atoms in total. The van der Waals surface area contributed by atoms with Gasteiger partial charge in [-0.05, 0) is 23.9 Å². The molecule has 0 aliphatic carbocycles. The van der Waals surface area contributed by atoms with Crippen LogP contribution in [0.1, 0.15) is 19.8 Å². The maximum Gasteiger partial charge on any atom is 0.372 e. The fourth-order valence-electron chi connectivity index (χ4n) is 1.19. The SMILES string of the molecule is CCC(=O)CCSC(=O)Oc1ccc([N+](=O)[O-])cc1. The number of Topliss-reactive ketones (excluding diaryl/α,β-unsaturated/α-hetero) is 1. The van der Waals surface area contributed by atoms with Crippen LogP contribution in [0.25, 0.3) is 0 Å². The lowest BCUT2D eigenvalue weighted by molar-refractivity contribution is -0.384. The van der Waals surface area contributed by atoms with E-state index < -0.39 is 10.2 Å². The van der Waals surface area contributed by atoms with Crippen molar-refractivity contribution in [2.45, 2.75) is 19.8 Å². The molecule has 1 rings (SSSR count). The smallest absolute Gasteiger partial charge is 0.372 e. The van der Waals surface area contributed by atoms with Crippen LogP contribution in [0.5, 0.6) is 5.75 Å². The third-order valence-corrected chi connectivity index (χ3v) is 2.97. The number of rotatable bonds is 6. The molecule has 0 aliphatic rings. The van der Waals surface area contributed by atoms with Crippen LogP contribution >= 0.6 is 11.8 Å².